The van der Waals surface area contributed by atoms with Crippen molar-refractivity contribution in [1.29, 1.82) is 0 Å². The van der Waals surface area contributed by atoms with Crippen molar-refractivity contribution in [2.24, 2.45) is 0 Å². The van der Waals surface area contributed by atoms with Gasteiger partial charge >= 0.3 is 0 Å². The molecule has 0 spiro atoms. The summed E-state index contributed by atoms with van der Waals surface area (Å²) in [6.45, 7) is 4.47. The molecule has 1 aromatic heterocycles. The maximum atomic E-state index is 6.12. The van der Waals surface area contributed by atoms with E-state index in [0.29, 0.717) is 34.8 Å². The summed E-state index contributed by atoms with van der Waals surface area (Å²) in [7, 11) is 0. The molecule has 0 unspecified atom stereocenters. The van der Waals surface area contributed by atoms with Crippen LogP contribution in [0.5, 0.6) is 11.5 Å². The molecule has 7 heteroatoms. The Morgan fingerprint density at radius 2 is 1.82 bits per heavy atom. The van der Waals surface area contributed by atoms with Crippen LogP contribution in [0.1, 0.15) is 23.6 Å². The van der Waals surface area contributed by atoms with Crippen molar-refractivity contribution in [3.8, 4) is 11.5 Å². The molecule has 0 fully saturated rings. The minimum atomic E-state index is 0.359. The number of fused-ring (bicyclic) bond motifs is 1. The van der Waals surface area contributed by atoms with Crippen molar-refractivity contribution in [3.05, 3.63) is 92.0 Å². The first-order valence-electron chi connectivity index (χ1n) is 10.8. The van der Waals surface area contributed by atoms with E-state index in [0.717, 1.165) is 35.1 Å². The Labute approximate surface area is 212 Å². The molecule has 0 amide bonds. The van der Waals surface area contributed by atoms with Crippen LogP contribution < -0.4 is 14.8 Å². The number of rotatable bonds is 10. The number of para-hydroxylation sites is 1. The second kappa shape index (κ2) is 11.3. The fourth-order valence-electron chi connectivity index (χ4n) is 3.71. The number of nitrogens with one attached hydrogen (secondary N) is 2. The average Bonchev–Trinajstić information content (AvgIpc) is 3.22. The zero-order valence-electron chi connectivity index (χ0n) is 18.3. The molecule has 0 radical (unpaired) electrons. The van der Waals surface area contributed by atoms with Gasteiger partial charge in [0.15, 0.2) is 11.5 Å². The van der Waals surface area contributed by atoms with Crippen LogP contribution in [0.3, 0.4) is 0 Å². The maximum absolute atomic E-state index is 6.12. The van der Waals surface area contributed by atoms with Crippen molar-refractivity contribution in [2.45, 2.75) is 26.5 Å². The van der Waals surface area contributed by atoms with Gasteiger partial charge in [-0.2, -0.15) is 0 Å². The lowest BCUT2D eigenvalue weighted by molar-refractivity contribution is 0.267. The number of benzene rings is 3. The lowest BCUT2D eigenvalue weighted by Gasteiger charge is -2.16. The smallest absolute Gasteiger partial charge is 0.175 e. The Bertz CT molecular complexity index is 1240. The van der Waals surface area contributed by atoms with Gasteiger partial charge in [0.1, 0.15) is 6.61 Å². The molecule has 33 heavy (non-hydrogen) atoms. The van der Waals surface area contributed by atoms with E-state index in [1.807, 2.05) is 31.2 Å². The molecule has 0 saturated carbocycles. The van der Waals surface area contributed by atoms with Crippen molar-refractivity contribution >= 4 is 50.0 Å². The van der Waals surface area contributed by atoms with Gasteiger partial charge in [-0.1, -0.05) is 47.5 Å². The van der Waals surface area contributed by atoms with Crippen LogP contribution in [0, 0.1) is 0 Å². The number of ether oxygens (including phenoxy) is 2. The van der Waals surface area contributed by atoms with E-state index in [-0.39, 0.29) is 0 Å². The standard InChI is InChI=1S/C26H25BrCl2N2O2/c1-2-32-25-13-18(14-30-10-9-19-15-31-24-6-4-3-5-20(19)24)11-21(27)26(25)33-16-17-7-8-22(28)23(29)12-17/h3-8,11-13,15,30-31H,2,9-10,14,16H2,1H3. The molecule has 4 rings (SSSR count). The highest BCUT2D eigenvalue weighted by atomic mass is 79.9. The number of H-pyrrole nitrogens is 1. The molecule has 0 aliphatic rings. The molecule has 2 N–H and O–H groups in total. The molecule has 4 aromatic rings. The molecular weight excluding hydrogens is 523 g/mol. The van der Waals surface area contributed by atoms with E-state index in [9.17, 15) is 0 Å². The van der Waals surface area contributed by atoms with Gasteiger partial charge in [0.05, 0.1) is 21.1 Å². The minimum Gasteiger partial charge on any atom is -0.490 e. The first kappa shape index (κ1) is 24.0. The van der Waals surface area contributed by atoms with Gasteiger partial charge in [-0.05, 0) is 82.8 Å². The van der Waals surface area contributed by atoms with Crippen molar-refractivity contribution < 1.29 is 9.47 Å². The third kappa shape index (κ3) is 6.04. The molecule has 0 saturated heterocycles. The van der Waals surface area contributed by atoms with Gasteiger partial charge < -0.3 is 19.8 Å². The Hall–Kier alpha value is -2.18. The van der Waals surface area contributed by atoms with Gasteiger partial charge in [-0.3, -0.25) is 0 Å². The van der Waals surface area contributed by atoms with Crippen LogP contribution in [0.25, 0.3) is 10.9 Å². The van der Waals surface area contributed by atoms with Crippen molar-refractivity contribution in [1.82, 2.24) is 10.3 Å². The van der Waals surface area contributed by atoms with Crippen LogP contribution in [-0.2, 0) is 19.6 Å². The fraction of sp³-hybridized carbons (Fsp3) is 0.231. The largest absolute Gasteiger partial charge is 0.490 e. The predicted octanol–water partition coefficient (Wildman–Crippen LogP) is 7.55. The summed E-state index contributed by atoms with van der Waals surface area (Å²) < 4.78 is 12.8. The highest BCUT2D eigenvalue weighted by Gasteiger charge is 2.13. The second-order valence-corrected chi connectivity index (χ2v) is 9.33. The van der Waals surface area contributed by atoms with E-state index in [4.69, 9.17) is 32.7 Å². The Balaban J connectivity index is 1.38. The normalized spacial score (nSPS) is 11.2. The first-order valence-corrected chi connectivity index (χ1v) is 12.4. The van der Waals surface area contributed by atoms with E-state index >= 15 is 0 Å². The summed E-state index contributed by atoms with van der Waals surface area (Å²) in [5, 5.41) is 5.85. The predicted molar refractivity (Wildman–Crippen MR) is 140 cm³/mol. The number of aromatic nitrogens is 1. The van der Waals surface area contributed by atoms with Crippen LogP contribution in [0.4, 0.5) is 0 Å². The zero-order chi connectivity index (χ0) is 23.2. The number of aromatic amines is 1. The monoisotopic (exact) mass is 546 g/mol. The number of hydrogen-bond donors (Lipinski definition) is 2. The SMILES string of the molecule is CCOc1cc(CNCCc2c[nH]c3ccccc23)cc(Br)c1OCc1ccc(Cl)c(Cl)c1. The Morgan fingerprint density at radius 1 is 0.970 bits per heavy atom. The highest BCUT2D eigenvalue weighted by Crippen LogP contribution is 2.37. The first-order chi connectivity index (χ1) is 16.0. The lowest BCUT2D eigenvalue weighted by atomic mass is 10.1. The average molecular weight is 548 g/mol. The van der Waals surface area contributed by atoms with Crippen LogP contribution >= 0.6 is 39.1 Å². The zero-order valence-corrected chi connectivity index (χ0v) is 21.4. The number of hydrogen-bond acceptors (Lipinski definition) is 3. The van der Waals surface area contributed by atoms with Crippen molar-refractivity contribution in [3.63, 3.8) is 0 Å². The summed E-state index contributed by atoms with van der Waals surface area (Å²) in [5.74, 6) is 1.38. The fourth-order valence-corrected chi connectivity index (χ4v) is 4.63. The van der Waals surface area contributed by atoms with Crippen LogP contribution in [0.15, 0.2) is 65.3 Å². The van der Waals surface area contributed by atoms with E-state index in [2.05, 4.69) is 56.7 Å². The lowest BCUT2D eigenvalue weighted by Crippen LogP contribution is -2.16. The van der Waals surface area contributed by atoms with E-state index in [1.54, 1.807) is 6.07 Å². The van der Waals surface area contributed by atoms with Gasteiger partial charge in [0.2, 0.25) is 0 Å². The quantitative estimate of drug-likeness (QED) is 0.201. The molecule has 0 aliphatic heterocycles. The molecule has 4 nitrogen and oxygen atoms in total. The molecule has 172 valence electrons. The number of halogens is 3. The topological polar surface area (TPSA) is 46.3 Å². The third-order valence-corrected chi connectivity index (χ3v) is 6.64. The third-order valence-electron chi connectivity index (χ3n) is 5.31. The van der Waals surface area contributed by atoms with Gasteiger partial charge in [0.25, 0.3) is 0 Å². The van der Waals surface area contributed by atoms with Gasteiger partial charge in [-0.15, -0.1) is 0 Å². The Kier molecular flexibility index (Phi) is 8.20. The van der Waals surface area contributed by atoms with Gasteiger partial charge in [0, 0.05) is 23.6 Å². The summed E-state index contributed by atoms with van der Waals surface area (Å²) in [6, 6.07) is 17.9. The summed E-state index contributed by atoms with van der Waals surface area (Å²) in [6.07, 6.45) is 3.05. The van der Waals surface area contributed by atoms with Crippen LogP contribution in [-0.4, -0.2) is 18.1 Å². The van der Waals surface area contributed by atoms with Crippen LogP contribution in [0.2, 0.25) is 10.0 Å². The van der Waals surface area contributed by atoms with E-state index < -0.39 is 0 Å². The molecule has 3 aromatic carbocycles. The molecule has 0 atom stereocenters. The molecule has 0 bridgehead atoms. The van der Waals surface area contributed by atoms with Gasteiger partial charge in [-0.25, -0.2) is 0 Å². The highest BCUT2D eigenvalue weighted by molar-refractivity contribution is 9.10. The summed E-state index contributed by atoms with van der Waals surface area (Å²) in [5.41, 5.74) is 4.54. The molecule has 1 heterocycles. The second-order valence-electron chi connectivity index (χ2n) is 7.66. The minimum absolute atomic E-state index is 0.359. The Morgan fingerprint density at radius 3 is 2.64 bits per heavy atom. The molecule has 0 aliphatic carbocycles. The van der Waals surface area contributed by atoms with Crippen molar-refractivity contribution in [2.75, 3.05) is 13.2 Å². The summed E-state index contributed by atoms with van der Waals surface area (Å²) >= 11 is 15.8. The molecular formula is C26H25BrCl2N2O2. The van der Waals surface area contributed by atoms with E-state index in [1.165, 1.54) is 16.5 Å². The maximum Gasteiger partial charge on any atom is 0.175 e. The summed E-state index contributed by atoms with van der Waals surface area (Å²) in [4.78, 5) is 3.33.